The zero-order valence-electron chi connectivity index (χ0n) is 19.6. The van der Waals surface area contributed by atoms with Gasteiger partial charge in [-0.25, -0.2) is 13.8 Å². The quantitative estimate of drug-likeness (QED) is 0.708. The van der Waals surface area contributed by atoms with Crippen molar-refractivity contribution in [2.24, 2.45) is 17.3 Å². The van der Waals surface area contributed by atoms with Gasteiger partial charge in [0.25, 0.3) is 0 Å². The molecule has 1 unspecified atom stereocenters. The minimum Gasteiger partial charge on any atom is -0.359 e. The Morgan fingerprint density at radius 2 is 1.91 bits per heavy atom. The van der Waals surface area contributed by atoms with Crippen molar-refractivity contribution in [2.45, 2.75) is 47.2 Å². The molecule has 2 atom stereocenters. The van der Waals surface area contributed by atoms with Gasteiger partial charge in [0, 0.05) is 38.7 Å². The van der Waals surface area contributed by atoms with Crippen LogP contribution in [0.4, 0.5) is 8.78 Å². The third-order valence-electron chi connectivity index (χ3n) is 6.05. The number of hydrogen-bond donors (Lipinski definition) is 1. The molecule has 0 fully saturated rings. The normalized spacial score (nSPS) is 18.1. The Bertz CT molecular complexity index is 1030. The number of benzene rings is 1. The zero-order chi connectivity index (χ0) is 23.8. The van der Waals surface area contributed by atoms with E-state index >= 15 is 0 Å². The lowest BCUT2D eigenvalue weighted by Crippen LogP contribution is -2.37. The first-order valence-electron chi connectivity index (χ1n) is 10.9. The van der Waals surface area contributed by atoms with Crippen LogP contribution in [0, 0.1) is 28.9 Å². The molecule has 8 heteroatoms. The number of fused-ring (bicyclic) bond motifs is 1. The SMILES string of the molecule is CNC(=O)[C@@H](CC(=O)c1nc(-c2ccc(F)c(F)c2)n2c1CN(C)CC(C)C2)C(C)(C)C. The summed E-state index contributed by atoms with van der Waals surface area (Å²) < 4.78 is 29.5. The van der Waals surface area contributed by atoms with Gasteiger partial charge in [-0.05, 0) is 36.6 Å². The van der Waals surface area contributed by atoms with Crippen LogP contribution >= 0.6 is 0 Å². The van der Waals surface area contributed by atoms with Crippen molar-refractivity contribution in [1.82, 2.24) is 19.8 Å². The van der Waals surface area contributed by atoms with Gasteiger partial charge in [-0.1, -0.05) is 27.7 Å². The summed E-state index contributed by atoms with van der Waals surface area (Å²) in [6, 6.07) is 3.66. The van der Waals surface area contributed by atoms with Gasteiger partial charge in [0.15, 0.2) is 17.4 Å². The zero-order valence-corrected chi connectivity index (χ0v) is 19.6. The Morgan fingerprint density at radius 3 is 2.50 bits per heavy atom. The fraction of sp³-hybridized carbons (Fsp3) is 0.542. The molecule has 0 bridgehead atoms. The summed E-state index contributed by atoms with van der Waals surface area (Å²) >= 11 is 0. The van der Waals surface area contributed by atoms with Crippen molar-refractivity contribution in [2.75, 3.05) is 20.6 Å². The highest BCUT2D eigenvalue weighted by Crippen LogP contribution is 2.33. The lowest BCUT2D eigenvalue weighted by Gasteiger charge is -2.28. The van der Waals surface area contributed by atoms with Crippen LogP contribution in [0.25, 0.3) is 11.4 Å². The van der Waals surface area contributed by atoms with Gasteiger partial charge < -0.3 is 14.8 Å². The van der Waals surface area contributed by atoms with Crippen LogP contribution < -0.4 is 5.32 Å². The van der Waals surface area contributed by atoms with Crippen LogP contribution in [0.15, 0.2) is 18.2 Å². The number of Topliss-reactive ketones (excluding diaryl/α,β-unsaturated/α-hetero) is 1. The first-order valence-corrected chi connectivity index (χ1v) is 10.9. The van der Waals surface area contributed by atoms with E-state index in [4.69, 9.17) is 0 Å². The fourth-order valence-electron chi connectivity index (χ4n) is 4.39. The maximum absolute atomic E-state index is 14.0. The third-order valence-corrected chi connectivity index (χ3v) is 6.05. The van der Waals surface area contributed by atoms with E-state index in [0.29, 0.717) is 30.2 Å². The van der Waals surface area contributed by atoms with Gasteiger partial charge in [0.05, 0.1) is 11.6 Å². The van der Waals surface area contributed by atoms with E-state index in [2.05, 4.69) is 22.1 Å². The van der Waals surface area contributed by atoms with Crippen molar-refractivity contribution < 1.29 is 18.4 Å². The first kappa shape index (κ1) is 24.0. The molecule has 6 nitrogen and oxygen atoms in total. The molecule has 3 rings (SSSR count). The molecule has 1 amide bonds. The van der Waals surface area contributed by atoms with E-state index in [1.54, 1.807) is 7.05 Å². The number of rotatable bonds is 5. The topological polar surface area (TPSA) is 67.2 Å². The molecule has 0 aliphatic carbocycles. The number of aromatic nitrogens is 2. The number of nitrogens with zero attached hydrogens (tertiary/aromatic N) is 3. The van der Waals surface area contributed by atoms with Gasteiger partial charge in [0.1, 0.15) is 11.5 Å². The maximum Gasteiger partial charge on any atom is 0.223 e. The smallest absolute Gasteiger partial charge is 0.223 e. The first-order chi connectivity index (χ1) is 14.9. The third kappa shape index (κ3) is 4.90. The van der Waals surface area contributed by atoms with Crippen molar-refractivity contribution >= 4 is 11.7 Å². The monoisotopic (exact) mass is 446 g/mol. The predicted octanol–water partition coefficient (Wildman–Crippen LogP) is 3.89. The summed E-state index contributed by atoms with van der Waals surface area (Å²) in [5.41, 5.74) is 1.04. The van der Waals surface area contributed by atoms with Crippen molar-refractivity contribution in [1.29, 1.82) is 0 Å². The van der Waals surface area contributed by atoms with E-state index in [9.17, 15) is 18.4 Å². The molecular formula is C24H32F2N4O2. The summed E-state index contributed by atoms with van der Waals surface area (Å²) in [6.45, 7) is 9.82. The summed E-state index contributed by atoms with van der Waals surface area (Å²) in [4.78, 5) is 32.7. The molecule has 2 heterocycles. The molecule has 1 aliphatic rings. The number of amides is 1. The van der Waals surface area contributed by atoms with Crippen molar-refractivity contribution in [3.8, 4) is 11.4 Å². The molecular weight excluding hydrogens is 414 g/mol. The number of hydrogen-bond acceptors (Lipinski definition) is 4. The Kier molecular flexibility index (Phi) is 6.83. The fourth-order valence-corrected chi connectivity index (χ4v) is 4.39. The molecule has 32 heavy (non-hydrogen) atoms. The predicted molar refractivity (Wildman–Crippen MR) is 119 cm³/mol. The molecule has 0 spiro atoms. The average molecular weight is 447 g/mol. The summed E-state index contributed by atoms with van der Waals surface area (Å²) in [6.07, 6.45) is 0.0175. The number of carbonyl (C=O) groups is 2. The van der Waals surface area contributed by atoms with Crippen LogP contribution in [-0.2, 0) is 17.9 Å². The van der Waals surface area contributed by atoms with E-state index in [0.717, 1.165) is 24.4 Å². The van der Waals surface area contributed by atoms with E-state index in [-0.39, 0.29) is 24.0 Å². The highest BCUT2D eigenvalue weighted by atomic mass is 19.2. The molecule has 1 aliphatic heterocycles. The second-order valence-corrected chi connectivity index (χ2v) is 9.93. The Labute approximate surface area is 188 Å². The Hall–Kier alpha value is -2.61. The number of carbonyl (C=O) groups excluding carboxylic acids is 2. The number of imidazole rings is 1. The highest BCUT2D eigenvalue weighted by Gasteiger charge is 2.35. The van der Waals surface area contributed by atoms with Crippen molar-refractivity contribution in [3.63, 3.8) is 0 Å². The Morgan fingerprint density at radius 1 is 1.22 bits per heavy atom. The molecule has 0 saturated heterocycles. The largest absolute Gasteiger partial charge is 0.359 e. The van der Waals surface area contributed by atoms with Gasteiger partial charge in [-0.3, -0.25) is 9.59 Å². The van der Waals surface area contributed by atoms with Crippen LogP contribution in [-0.4, -0.2) is 46.8 Å². The van der Waals surface area contributed by atoms with Crippen LogP contribution in [0.3, 0.4) is 0 Å². The maximum atomic E-state index is 14.0. The Balaban J connectivity index is 2.10. The molecule has 1 N–H and O–H groups in total. The summed E-state index contributed by atoms with van der Waals surface area (Å²) in [7, 11) is 3.54. The van der Waals surface area contributed by atoms with Gasteiger partial charge in [0.2, 0.25) is 5.91 Å². The molecule has 0 saturated carbocycles. The van der Waals surface area contributed by atoms with E-state index < -0.39 is 23.0 Å². The van der Waals surface area contributed by atoms with Gasteiger partial charge >= 0.3 is 0 Å². The molecule has 174 valence electrons. The van der Waals surface area contributed by atoms with E-state index in [1.165, 1.54) is 6.07 Å². The molecule has 0 radical (unpaired) electrons. The molecule has 1 aromatic carbocycles. The second kappa shape index (κ2) is 9.10. The minimum atomic E-state index is -0.959. The minimum absolute atomic E-state index is 0.0175. The summed E-state index contributed by atoms with van der Waals surface area (Å²) in [5, 5.41) is 2.65. The van der Waals surface area contributed by atoms with Crippen LogP contribution in [0.5, 0.6) is 0 Å². The average Bonchev–Trinajstić information content (AvgIpc) is 2.96. The molecule has 2 aromatic rings. The molecule has 1 aromatic heterocycles. The van der Waals surface area contributed by atoms with Gasteiger partial charge in [-0.15, -0.1) is 0 Å². The van der Waals surface area contributed by atoms with Crippen LogP contribution in [0.2, 0.25) is 0 Å². The number of ketones is 1. The highest BCUT2D eigenvalue weighted by molar-refractivity contribution is 5.98. The van der Waals surface area contributed by atoms with E-state index in [1.807, 2.05) is 32.4 Å². The second-order valence-electron chi connectivity index (χ2n) is 9.93. The van der Waals surface area contributed by atoms with Gasteiger partial charge in [-0.2, -0.15) is 0 Å². The lowest BCUT2D eigenvalue weighted by molar-refractivity contribution is -0.127. The number of nitrogens with one attached hydrogen (secondary N) is 1. The summed E-state index contributed by atoms with van der Waals surface area (Å²) in [5.74, 6) is -2.12. The van der Waals surface area contributed by atoms with Crippen LogP contribution in [0.1, 0.15) is 50.3 Å². The standard InChI is InChI=1S/C24H32F2N4O2/c1-14-11-29(6)13-19-21(20(31)10-16(23(32)27-5)24(2,3)4)28-22(30(19)12-14)15-7-8-17(25)18(26)9-15/h7-9,14,16H,10-13H2,1-6H3,(H,27,32)/t14?,16-/m1/s1. The van der Waals surface area contributed by atoms with Crippen molar-refractivity contribution in [3.05, 3.63) is 41.2 Å². The number of halogens is 2. The lowest BCUT2D eigenvalue weighted by atomic mass is 9.77.